The molecule has 0 aliphatic heterocycles. The molecule has 0 fully saturated rings. The van der Waals surface area contributed by atoms with E-state index < -0.39 is 18.4 Å². The van der Waals surface area contributed by atoms with Crippen LogP contribution in [0.4, 0.5) is 12.9 Å². The molecule has 0 aromatic rings. The van der Waals surface area contributed by atoms with Gasteiger partial charge >= 0.3 is 58.4 Å². The van der Waals surface area contributed by atoms with Gasteiger partial charge in [0.25, 0.3) is 0 Å². The maximum absolute atomic E-state index is 11.8. The molecule has 0 heterocycles. The summed E-state index contributed by atoms with van der Waals surface area (Å²) >= 11 is 0. The number of allylic oxidation sites excluding steroid dienone is 1. The Kier molecular flexibility index (Phi) is 7.78. The molecule has 0 saturated carbocycles. The maximum Gasteiger partial charge on any atom is 1.00 e. The second-order valence-corrected chi connectivity index (χ2v) is 2.46. The minimum absolute atomic E-state index is 0. The fourth-order valence-corrected chi connectivity index (χ4v) is 0.585. The predicted octanol–water partition coefficient (Wildman–Crippen LogP) is -0.0207. The van der Waals surface area contributed by atoms with Crippen LogP contribution in [0.2, 0.25) is 0 Å². The Bertz CT molecular complexity index is 132. The first kappa shape index (κ1) is 14.7. The van der Waals surface area contributed by atoms with Gasteiger partial charge in [0.1, 0.15) is 0 Å². The van der Waals surface area contributed by atoms with Crippen molar-refractivity contribution in [2.24, 2.45) is 5.92 Å². The third-order valence-electron chi connectivity index (χ3n) is 1.67. The quantitative estimate of drug-likeness (QED) is 0.548. The molecule has 0 aromatic carbocycles. The predicted molar refractivity (Wildman–Crippen MR) is 37.7 cm³/mol. The van der Waals surface area contributed by atoms with E-state index in [1.165, 1.54) is 6.92 Å². The van der Waals surface area contributed by atoms with Crippen LogP contribution < -0.4 is 51.4 Å². The van der Waals surface area contributed by atoms with Gasteiger partial charge in [0, 0.05) is 0 Å². The SMILES string of the molecule is C=C(C(C)CC)[B-](F)(F)F.[K+]. The summed E-state index contributed by atoms with van der Waals surface area (Å²) in [6.45, 7) is 1.45. The standard InChI is InChI=1S/C6H11BF3.K/c1-4-5(2)6(3)7(8,9)10;/h5H,3-4H2,1-2H3;/q-1;+1. The molecular formula is C6H11BF3K. The van der Waals surface area contributed by atoms with E-state index in [0.717, 1.165) is 0 Å². The number of hydrogen-bond acceptors (Lipinski definition) is 0. The van der Waals surface area contributed by atoms with E-state index in [1.54, 1.807) is 6.92 Å². The second-order valence-electron chi connectivity index (χ2n) is 2.46. The molecule has 0 bridgehead atoms. The molecule has 0 N–H and O–H groups in total. The van der Waals surface area contributed by atoms with Crippen molar-refractivity contribution < 1.29 is 64.3 Å². The zero-order valence-corrected chi connectivity index (χ0v) is 10.3. The van der Waals surface area contributed by atoms with Crippen molar-refractivity contribution in [3.63, 3.8) is 0 Å². The summed E-state index contributed by atoms with van der Waals surface area (Å²) in [5.41, 5.74) is -0.567. The van der Waals surface area contributed by atoms with Gasteiger partial charge in [-0.25, -0.2) is 0 Å². The van der Waals surface area contributed by atoms with Crippen molar-refractivity contribution in [3.05, 3.63) is 12.1 Å². The molecule has 0 aliphatic rings. The summed E-state index contributed by atoms with van der Waals surface area (Å²) in [6.07, 6.45) is 0.500. The van der Waals surface area contributed by atoms with Crippen LogP contribution >= 0.6 is 0 Å². The van der Waals surface area contributed by atoms with Crippen LogP contribution in [-0.2, 0) is 0 Å². The molecule has 60 valence electrons. The van der Waals surface area contributed by atoms with Gasteiger partial charge in [-0.2, -0.15) is 0 Å². The third-order valence-corrected chi connectivity index (χ3v) is 1.67. The number of rotatable bonds is 3. The fraction of sp³-hybridized carbons (Fsp3) is 0.667. The van der Waals surface area contributed by atoms with E-state index in [0.29, 0.717) is 6.42 Å². The molecule has 0 radical (unpaired) electrons. The molecule has 0 amide bonds. The summed E-state index contributed by atoms with van der Waals surface area (Å²) in [5.74, 6) is -0.431. The van der Waals surface area contributed by atoms with Crippen LogP contribution in [0.5, 0.6) is 0 Å². The average molecular weight is 190 g/mol. The summed E-state index contributed by atoms with van der Waals surface area (Å²) in [4.78, 5) is 0. The van der Waals surface area contributed by atoms with Crippen LogP contribution in [0.25, 0.3) is 0 Å². The molecule has 11 heavy (non-hydrogen) atoms. The maximum atomic E-state index is 11.8. The Morgan fingerprint density at radius 2 is 1.82 bits per heavy atom. The second kappa shape index (κ2) is 5.81. The van der Waals surface area contributed by atoms with Gasteiger partial charge in [-0.05, 0) is 0 Å². The van der Waals surface area contributed by atoms with Crippen LogP contribution in [0.15, 0.2) is 12.1 Å². The number of hydrogen-bond donors (Lipinski definition) is 0. The summed E-state index contributed by atoms with van der Waals surface area (Å²) in [7, 11) is 0. The first-order valence-electron chi connectivity index (χ1n) is 3.28. The van der Waals surface area contributed by atoms with Crippen LogP contribution in [0.1, 0.15) is 20.3 Å². The van der Waals surface area contributed by atoms with Gasteiger partial charge in [-0.3, -0.25) is 0 Å². The average Bonchev–Trinajstić information content (AvgIpc) is 1.83. The van der Waals surface area contributed by atoms with Gasteiger partial charge in [0.2, 0.25) is 0 Å². The minimum Gasteiger partial charge on any atom is -0.445 e. The Hall–Kier alpha value is 1.23. The van der Waals surface area contributed by atoms with Crippen LogP contribution in [0.3, 0.4) is 0 Å². The summed E-state index contributed by atoms with van der Waals surface area (Å²) < 4.78 is 35.5. The minimum atomic E-state index is -4.81. The van der Waals surface area contributed by atoms with Crippen molar-refractivity contribution in [1.29, 1.82) is 0 Å². The van der Waals surface area contributed by atoms with E-state index in [-0.39, 0.29) is 51.4 Å². The third kappa shape index (κ3) is 5.47. The van der Waals surface area contributed by atoms with E-state index in [1.807, 2.05) is 0 Å². The molecular weight excluding hydrogens is 179 g/mol. The molecule has 0 saturated heterocycles. The monoisotopic (exact) mass is 190 g/mol. The van der Waals surface area contributed by atoms with Gasteiger partial charge < -0.3 is 12.9 Å². The van der Waals surface area contributed by atoms with E-state index >= 15 is 0 Å². The first-order valence-corrected chi connectivity index (χ1v) is 3.28. The van der Waals surface area contributed by atoms with E-state index in [4.69, 9.17) is 0 Å². The fourth-order valence-electron chi connectivity index (χ4n) is 0.585. The smallest absolute Gasteiger partial charge is 0.445 e. The Morgan fingerprint density at radius 3 is 1.91 bits per heavy atom. The zero-order valence-electron chi connectivity index (χ0n) is 7.20. The molecule has 0 rings (SSSR count). The topological polar surface area (TPSA) is 0 Å². The van der Waals surface area contributed by atoms with Crippen molar-refractivity contribution in [1.82, 2.24) is 0 Å². The summed E-state index contributed by atoms with van der Waals surface area (Å²) in [5, 5.41) is 0. The Balaban J connectivity index is 0. The van der Waals surface area contributed by atoms with Gasteiger partial charge in [-0.15, -0.1) is 12.1 Å². The summed E-state index contributed by atoms with van der Waals surface area (Å²) in [6, 6.07) is 0. The molecule has 0 aromatic heterocycles. The van der Waals surface area contributed by atoms with Crippen molar-refractivity contribution in [2.45, 2.75) is 20.3 Å². The van der Waals surface area contributed by atoms with Gasteiger partial charge in [0.15, 0.2) is 0 Å². The number of halogens is 3. The van der Waals surface area contributed by atoms with Crippen LogP contribution in [-0.4, -0.2) is 6.98 Å². The van der Waals surface area contributed by atoms with Crippen LogP contribution in [0, 0.1) is 5.92 Å². The Labute approximate surface area is 108 Å². The normalized spacial score (nSPS) is 13.5. The zero-order chi connectivity index (χ0) is 8.36. The molecule has 5 heteroatoms. The molecule has 1 unspecified atom stereocenters. The van der Waals surface area contributed by atoms with Crippen molar-refractivity contribution >= 4 is 6.98 Å². The molecule has 0 nitrogen and oxygen atoms in total. The van der Waals surface area contributed by atoms with E-state index in [2.05, 4.69) is 6.58 Å². The molecule has 1 atom stereocenters. The molecule has 0 aliphatic carbocycles. The molecule has 0 spiro atoms. The van der Waals surface area contributed by atoms with Gasteiger partial charge in [-0.1, -0.05) is 26.2 Å². The Morgan fingerprint density at radius 1 is 1.45 bits per heavy atom. The van der Waals surface area contributed by atoms with E-state index in [9.17, 15) is 12.9 Å². The van der Waals surface area contributed by atoms with Gasteiger partial charge in [0.05, 0.1) is 0 Å². The largest absolute Gasteiger partial charge is 1.00 e. The van der Waals surface area contributed by atoms with Crippen molar-refractivity contribution in [2.75, 3.05) is 0 Å². The first-order chi connectivity index (χ1) is 4.39. The van der Waals surface area contributed by atoms with Crippen molar-refractivity contribution in [3.8, 4) is 0 Å².